The molecule has 1 heterocycles. The van der Waals surface area contributed by atoms with Crippen molar-refractivity contribution < 1.29 is 9.53 Å². The zero-order valence-electron chi connectivity index (χ0n) is 12.5. The third-order valence-corrected chi connectivity index (χ3v) is 3.48. The lowest BCUT2D eigenvalue weighted by Crippen LogP contribution is -2.12. The molecule has 3 rings (SSSR count). The summed E-state index contributed by atoms with van der Waals surface area (Å²) in [6, 6.07) is 14.9. The van der Waals surface area contributed by atoms with Crippen LogP contribution in [-0.4, -0.2) is 18.0 Å². The largest absolute Gasteiger partial charge is 0.497 e. The second-order valence-electron chi connectivity index (χ2n) is 5.07. The monoisotopic (exact) mass is 292 g/mol. The summed E-state index contributed by atoms with van der Waals surface area (Å²) in [7, 11) is 1.61. The van der Waals surface area contributed by atoms with Gasteiger partial charge in [0.15, 0.2) is 0 Å². The second kappa shape index (κ2) is 5.85. The Hall–Kier alpha value is -2.88. The maximum absolute atomic E-state index is 12.4. The van der Waals surface area contributed by atoms with E-state index in [0.717, 1.165) is 27.9 Å². The first-order chi connectivity index (χ1) is 10.7. The highest BCUT2D eigenvalue weighted by Crippen LogP contribution is 2.26. The van der Waals surface area contributed by atoms with Crippen LogP contribution in [0.5, 0.6) is 5.75 Å². The zero-order chi connectivity index (χ0) is 15.5. The molecule has 22 heavy (non-hydrogen) atoms. The van der Waals surface area contributed by atoms with E-state index < -0.39 is 0 Å². The summed E-state index contributed by atoms with van der Waals surface area (Å²) in [4.78, 5) is 16.7. The van der Waals surface area contributed by atoms with Crippen LogP contribution in [0, 0.1) is 6.92 Å². The number of nitrogens with zero attached hydrogens (tertiary/aromatic N) is 1. The quantitative estimate of drug-likeness (QED) is 0.798. The number of aromatic nitrogens is 1. The van der Waals surface area contributed by atoms with Gasteiger partial charge in [-0.1, -0.05) is 17.7 Å². The molecule has 0 aliphatic heterocycles. The average Bonchev–Trinajstić information content (AvgIpc) is 2.54. The Labute approximate surface area is 128 Å². The van der Waals surface area contributed by atoms with Gasteiger partial charge in [-0.05, 0) is 43.3 Å². The number of hydrogen-bond donors (Lipinski definition) is 1. The van der Waals surface area contributed by atoms with Gasteiger partial charge in [-0.25, -0.2) is 0 Å². The fourth-order valence-corrected chi connectivity index (χ4v) is 2.34. The van der Waals surface area contributed by atoms with E-state index in [9.17, 15) is 4.79 Å². The smallest absolute Gasteiger partial charge is 0.255 e. The molecule has 0 saturated carbocycles. The molecule has 0 radical (unpaired) electrons. The molecule has 1 N–H and O–H groups in total. The van der Waals surface area contributed by atoms with Crippen molar-refractivity contribution in [2.75, 3.05) is 12.4 Å². The maximum Gasteiger partial charge on any atom is 0.255 e. The van der Waals surface area contributed by atoms with Gasteiger partial charge in [-0.3, -0.25) is 9.78 Å². The number of carbonyl (C=O) groups excluding carboxylic acids is 1. The van der Waals surface area contributed by atoms with Crippen molar-refractivity contribution in [3.63, 3.8) is 0 Å². The summed E-state index contributed by atoms with van der Waals surface area (Å²) in [6.07, 6.45) is 1.68. The van der Waals surface area contributed by atoms with Crippen LogP contribution in [0.4, 0.5) is 5.69 Å². The summed E-state index contributed by atoms with van der Waals surface area (Å²) < 4.78 is 5.24. The molecule has 0 fully saturated rings. The van der Waals surface area contributed by atoms with Gasteiger partial charge in [0.05, 0.1) is 18.3 Å². The van der Waals surface area contributed by atoms with Crippen molar-refractivity contribution in [2.24, 2.45) is 0 Å². The van der Waals surface area contributed by atoms with E-state index in [0.29, 0.717) is 5.56 Å². The van der Waals surface area contributed by atoms with Crippen molar-refractivity contribution in [1.29, 1.82) is 0 Å². The van der Waals surface area contributed by atoms with Crippen LogP contribution in [0.15, 0.2) is 54.7 Å². The number of fused-ring (bicyclic) bond motifs is 1. The van der Waals surface area contributed by atoms with Gasteiger partial charge in [0.2, 0.25) is 0 Å². The minimum atomic E-state index is -0.140. The summed E-state index contributed by atoms with van der Waals surface area (Å²) in [5, 5.41) is 3.80. The number of rotatable bonds is 3. The van der Waals surface area contributed by atoms with Gasteiger partial charge in [0.1, 0.15) is 5.75 Å². The predicted molar refractivity (Wildman–Crippen MR) is 87.4 cm³/mol. The molecule has 0 spiro atoms. The van der Waals surface area contributed by atoms with E-state index in [4.69, 9.17) is 4.74 Å². The first-order valence-corrected chi connectivity index (χ1v) is 6.98. The van der Waals surface area contributed by atoms with Crippen molar-refractivity contribution in [2.45, 2.75) is 6.92 Å². The Morgan fingerprint density at radius 3 is 2.77 bits per heavy atom. The fraction of sp³-hybridized carbons (Fsp3) is 0.111. The lowest BCUT2D eigenvalue weighted by molar-refractivity contribution is 0.102. The molecular weight excluding hydrogens is 276 g/mol. The normalized spacial score (nSPS) is 10.5. The number of nitrogens with one attached hydrogen (secondary N) is 1. The van der Waals surface area contributed by atoms with Crippen LogP contribution >= 0.6 is 0 Å². The molecule has 0 unspecified atom stereocenters. The van der Waals surface area contributed by atoms with Crippen LogP contribution in [0.25, 0.3) is 10.9 Å². The molecule has 1 aromatic heterocycles. The van der Waals surface area contributed by atoms with E-state index in [2.05, 4.69) is 10.3 Å². The van der Waals surface area contributed by atoms with Gasteiger partial charge in [-0.15, -0.1) is 0 Å². The molecule has 3 aromatic rings. The summed E-state index contributed by atoms with van der Waals surface area (Å²) in [5.74, 6) is 0.588. The molecule has 0 atom stereocenters. The van der Waals surface area contributed by atoms with Crippen LogP contribution in [0.1, 0.15) is 15.9 Å². The molecule has 0 aliphatic carbocycles. The standard InChI is InChI=1S/C18H16N2O2/c1-12-4-3-5-13(10-12)18(21)20-17-8-9-19-16-7-6-14(22-2)11-15(16)17/h3-11H,1-2H3,(H,19,20,21). The van der Waals surface area contributed by atoms with Gasteiger partial charge < -0.3 is 10.1 Å². The molecule has 1 amide bonds. The summed E-state index contributed by atoms with van der Waals surface area (Å²) in [6.45, 7) is 1.96. The topological polar surface area (TPSA) is 51.2 Å². The van der Waals surface area contributed by atoms with Gasteiger partial charge in [-0.2, -0.15) is 0 Å². The number of methoxy groups -OCH3 is 1. The molecule has 0 aliphatic rings. The van der Waals surface area contributed by atoms with Crippen LogP contribution in [-0.2, 0) is 0 Å². The number of aryl methyl sites for hydroxylation is 1. The summed E-state index contributed by atoms with van der Waals surface area (Å²) in [5.41, 5.74) is 3.21. The SMILES string of the molecule is COc1ccc2nccc(NC(=O)c3cccc(C)c3)c2c1. The van der Waals surface area contributed by atoms with Gasteiger partial charge in [0, 0.05) is 17.1 Å². The van der Waals surface area contributed by atoms with Gasteiger partial charge in [0.25, 0.3) is 5.91 Å². The lowest BCUT2D eigenvalue weighted by Gasteiger charge is -2.10. The average molecular weight is 292 g/mol. The highest BCUT2D eigenvalue weighted by Gasteiger charge is 2.09. The number of carbonyl (C=O) groups is 1. The number of benzene rings is 2. The van der Waals surface area contributed by atoms with Crippen LogP contribution < -0.4 is 10.1 Å². The molecule has 0 saturated heterocycles. The Morgan fingerprint density at radius 1 is 1.14 bits per heavy atom. The lowest BCUT2D eigenvalue weighted by atomic mass is 10.1. The number of amides is 1. The molecule has 0 bridgehead atoms. The fourth-order valence-electron chi connectivity index (χ4n) is 2.34. The van der Waals surface area contributed by atoms with Crippen LogP contribution in [0.2, 0.25) is 0 Å². The highest BCUT2D eigenvalue weighted by molar-refractivity contribution is 6.08. The van der Waals surface area contributed by atoms with Crippen molar-refractivity contribution >= 4 is 22.5 Å². The molecule has 110 valence electrons. The van der Waals surface area contributed by atoms with E-state index in [-0.39, 0.29) is 5.91 Å². The molecule has 4 nitrogen and oxygen atoms in total. The van der Waals surface area contributed by atoms with E-state index in [1.165, 1.54) is 0 Å². The van der Waals surface area contributed by atoms with Gasteiger partial charge >= 0.3 is 0 Å². The third-order valence-electron chi connectivity index (χ3n) is 3.48. The third kappa shape index (κ3) is 2.76. The molecule has 4 heteroatoms. The predicted octanol–water partition coefficient (Wildman–Crippen LogP) is 3.80. The number of pyridine rings is 1. The first-order valence-electron chi connectivity index (χ1n) is 6.98. The van der Waals surface area contributed by atoms with Crippen molar-refractivity contribution in [3.05, 3.63) is 65.9 Å². The molecule has 2 aromatic carbocycles. The van der Waals surface area contributed by atoms with Crippen molar-refractivity contribution in [3.8, 4) is 5.75 Å². The maximum atomic E-state index is 12.4. The Kier molecular flexibility index (Phi) is 3.74. The Morgan fingerprint density at radius 2 is 2.00 bits per heavy atom. The first kappa shape index (κ1) is 14.1. The molecular formula is C18H16N2O2. The van der Waals surface area contributed by atoms with E-state index in [1.807, 2.05) is 43.3 Å². The minimum Gasteiger partial charge on any atom is -0.497 e. The van der Waals surface area contributed by atoms with E-state index >= 15 is 0 Å². The number of anilines is 1. The van der Waals surface area contributed by atoms with E-state index in [1.54, 1.807) is 25.4 Å². The van der Waals surface area contributed by atoms with Crippen LogP contribution in [0.3, 0.4) is 0 Å². The van der Waals surface area contributed by atoms with Crippen molar-refractivity contribution in [1.82, 2.24) is 4.98 Å². The Bertz CT molecular complexity index is 843. The second-order valence-corrected chi connectivity index (χ2v) is 5.07. The number of hydrogen-bond acceptors (Lipinski definition) is 3. The number of ether oxygens (including phenoxy) is 1. The zero-order valence-corrected chi connectivity index (χ0v) is 12.5. The Balaban J connectivity index is 1.98. The minimum absolute atomic E-state index is 0.140. The highest BCUT2D eigenvalue weighted by atomic mass is 16.5. The summed E-state index contributed by atoms with van der Waals surface area (Å²) >= 11 is 0.